The summed E-state index contributed by atoms with van der Waals surface area (Å²) in [6, 6.07) is 8.67. The van der Waals surface area contributed by atoms with E-state index in [0.29, 0.717) is 15.2 Å². The van der Waals surface area contributed by atoms with Gasteiger partial charge in [-0.3, -0.25) is 4.98 Å². The number of ether oxygens (including phenoxy) is 1. The van der Waals surface area contributed by atoms with Crippen LogP contribution in [0, 0.1) is 29.1 Å². The molecule has 0 radical (unpaired) electrons. The van der Waals surface area contributed by atoms with E-state index >= 15 is 0 Å². The van der Waals surface area contributed by atoms with Crippen LogP contribution in [0.5, 0.6) is 11.5 Å². The largest absolute Gasteiger partial charge is 0.508 e. The first-order chi connectivity index (χ1) is 17.5. The third kappa shape index (κ3) is 4.67. The maximum Gasteiger partial charge on any atom is 0.444 e. The third-order valence-electron chi connectivity index (χ3n) is 5.21. The lowest BCUT2D eigenvalue weighted by Crippen LogP contribution is -2.23. The van der Waals surface area contributed by atoms with Crippen molar-refractivity contribution in [2.24, 2.45) is 0 Å². The highest BCUT2D eigenvalue weighted by atomic mass is 32.1. The van der Waals surface area contributed by atoms with Crippen molar-refractivity contribution in [3.8, 4) is 33.2 Å². The van der Waals surface area contributed by atoms with Crippen molar-refractivity contribution in [3.63, 3.8) is 0 Å². The summed E-state index contributed by atoms with van der Waals surface area (Å²) >= 11 is 1.11. The van der Waals surface area contributed by atoms with Gasteiger partial charge in [-0.05, 0) is 36.4 Å². The average Bonchev–Trinajstić information content (AvgIpc) is 3.25. The minimum absolute atomic E-state index is 0.0133. The number of rotatable bonds is 5. The Kier molecular flexibility index (Phi) is 5.98. The second-order valence-corrected chi connectivity index (χ2v) is 8.77. The van der Waals surface area contributed by atoms with Gasteiger partial charge >= 0.3 is 6.11 Å². The highest BCUT2D eigenvalue weighted by Gasteiger charge is 2.37. The summed E-state index contributed by atoms with van der Waals surface area (Å²) in [6.45, 7) is 0. The minimum Gasteiger partial charge on any atom is -0.508 e. The van der Waals surface area contributed by atoms with Gasteiger partial charge in [0.2, 0.25) is 0 Å². The molecule has 5 rings (SSSR count). The normalized spacial score (nSPS) is 11.8. The van der Waals surface area contributed by atoms with Crippen LogP contribution in [0.25, 0.3) is 31.9 Å². The molecule has 0 bridgehead atoms. The predicted molar refractivity (Wildman–Crippen MR) is 121 cm³/mol. The monoisotopic (exact) mass is 536 g/mol. The van der Waals surface area contributed by atoms with Gasteiger partial charge in [0.15, 0.2) is 23.1 Å². The number of pyridine rings is 1. The SMILES string of the molecule is Oc1ccc2nc(-c3cc(F)c(-c4ccc(C(F)(F)Oc5cc(F)c(F)c(F)c5)nc4)c(F)c3)sc2c1. The number of hydrogen-bond donors (Lipinski definition) is 1. The molecule has 0 saturated carbocycles. The molecule has 0 unspecified atom stereocenters. The average molecular weight is 536 g/mol. The Morgan fingerprint density at radius 2 is 1.46 bits per heavy atom. The van der Waals surface area contributed by atoms with Crippen molar-refractivity contribution in [1.82, 2.24) is 9.97 Å². The van der Waals surface area contributed by atoms with Crippen molar-refractivity contribution in [2.75, 3.05) is 0 Å². The molecule has 0 aliphatic carbocycles. The summed E-state index contributed by atoms with van der Waals surface area (Å²) in [5.41, 5.74) is -1.08. The van der Waals surface area contributed by atoms with E-state index in [-0.39, 0.29) is 29.0 Å². The Morgan fingerprint density at radius 3 is 2.08 bits per heavy atom. The summed E-state index contributed by atoms with van der Waals surface area (Å²) in [4.78, 5) is 7.78. The number of fused-ring (bicyclic) bond motifs is 1. The molecule has 0 fully saturated rings. The van der Waals surface area contributed by atoms with Gasteiger partial charge in [0, 0.05) is 29.5 Å². The number of nitrogens with zero attached hydrogens (tertiary/aromatic N) is 2. The minimum atomic E-state index is -4.21. The topological polar surface area (TPSA) is 55.2 Å². The van der Waals surface area contributed by atoms with E-state index in [2.05, 4.69) is 14.7 Å². The lowest BCUT2D eigenvalue weighted by Gasteiger charge is -2.18. The van der Waals surface area contributed by atoms with Crippen molar-refractivity contribution in [3.05, 3.63) is 95.6 Å². The Hall–Kier alpha value is -4.19. The Morgan fingerprint density at radius 1 is 0.784 bits per heavy atom. The number of aromatic nitrogens is 2. The molecular weight excluding hydrogens is 525 g/mol. The van der Waals surface area contributed by atoms with E-state index in [4.69, 9.17) is 0 Å². The van der Waals surface area contributed by atoms with Gasteiger partial charge in [0.05, 0.1) is 15.8 Å². The number of alkyl halides is 2. The van der Waals surface area contributed by atoms with Gasteiger partial charge in [-0.15, -0.1) is 11.3 Å². The number of halogens is 7. The smallest absolute Gasteiger partial charge is 0.444 e. The number of phenolic OH excluding ortho intramolecular Hbond substituents is 1. The van der Waals surface area contributed by atoms with Crippen molar-refractivity contribution >= 4 is 21.6 Å². The standard InChI is InChI=1S/C25H11F7N2O2S/c26-15-5-12(24-34-19-3-2-13(35)7-20(19)37-24)6-16(27)22(15)11-1-4-21(33-10-11)25(31,32)36-14-8-17(28)23(30)18(29)9-14/h1-10,35H. The molecule has 3 aromatic carbocycles. The maximum absolute atomic E-state index is 14.9. The van der Waals surface area contributed by atoms with Crippen LogP contribution in [0.2, 0.25) is 0 Å². The number of benzene rings is 3. The van der Waals surface area contributed by atoms with Gasteiger partial charge in [-0.25, -0.2) is 26.9 Å². The molecule has 0 aliphatic heterocycles. The first kappa shape index (κ1) is 24.5. The molecule has 0 spiro atoms. The van der Waals surface area contributed by atoms with Crippen LogP contribution in [-0.2, 0) is 6.11 Å². The molecule has 0 aliphatic rings. The van der Waals surface area contributed by atoms with E-state index < -0.39 is 52.2 Å². The summed E-state index contributed by atoms with van der Waals surface area (Å²) < 4.78 is 103. The summed E-state index contributed by atoms with van der Waals surface area (Å²) in [6.07, 6.45) is -3.43. The molecule has 37 heavy (non-hydrogen) atoms. The van der Waals surface area contributed by atoms with E-state index in [1.54, 1.807) is 6.07 Å². The van der Waals surface area contributed by atoms with E-state index in [1.807, 2.05) is 0 Å². The zero-order chi connectivity index (χ0) is 26.5. The van der Waals surface area contributed by atoms with Crippen molar-refractivity contribution in [2.45, 2.75) is 6.11 Å². The lowest BCUT2D eigenvalue weighted by molar-refractivity contribution is -0.188. The van der Waals surface area contributed by atoms with Gasteiger partial charge in [0.25, 0.3) is 0 Å². The van der Waals surface area contributed by atoms with E-state index in [0.717, 1.165) is 41.8 Å². The van der Waals surface area contributed by atoms with Crippen molar-refractivity contribution in [1.29, 1.82) is 0 Å². The molecule has 1 N–H and O–H groups in total. The lowest BCUT2D eigenvalue weighted by atomic mass is 10.0. The predicted octanol–water partition coefficient (Wildman–Crippen LogP) is 7.55. The van der Waals surface area contributed by atoms with Gasteiger partial charge in [-0.1, -0.05) is 6.07 Å². The zero-order valence-corrected chi connectivity index (χ0v) is 18.9. The Labute approximate surface area is 207 Å². The van der Waals surface area contributed by atoms with Crippen LogP contribution in [0.3, 0.4) is 0 Å². The van der Waals surface area contributed by atoms with Gasteiger partial charge in [0.1, 0.15) is 28.1 Å². The third-order valence-corrected chi connectivity index (χ3v) is 6.28. The van der Waals surface area contributed by atoms with E-state index in [1.165, 1.54) is 12.1 Å². The number of thiazole rings is 1. The summed E-state index contributed by atoms with van der Waals surface area (Å²) in [5, 5.41) is 9.89. The quantitative estimate of drug-likeness (QED) is 0.186. The van der Waals surface area contributed by atoms with E-state index in [9.17, 15) is 35.8 Å². The Balaban J connectivity index is 1.43. The first-order valence-corrected chi connectivity index (χ1v) is 11.1. The first-order valence-electron chi connectivity index (χ1n) is 10.3. The molecule has 2 aromatic heterocycles. The fraction of sp³-hybridized carbons (Fsp3) is 0.0400. The van der Waals surface area contributed by atoms with Gasteiger partial charge < -0.3 is 9.84 Å². The molecule has 0 atom stereocenters. The maximum atomic E-state index is 14.9. The van der Waals surface area contributed by atoms with Crippen LogP contribution in [0.15, 0.2) is 60.8 Å². The fourth-order valence-corrected chi connectivity index (χ4v) is 4.50. The number of hydrogen-bond acceptors (Lipinski definition) is 5. The molecule has 0 saturated heterocycles. The molecular formula is C25H11F7N2O2S. The fourth-order valence-electron chi connectivity index (χ4n) is 3.51. The zero-order valence-electron chi connectivity index (χ0n) is 18.1. The van der Waals surface area contributed by atoms with Crippen LogP contribution < -0.4 is 4.74 Å². The molecule has 5 aromatic rings. The Bertz CT molecular complexity index is 1610. The van der Waals surface area contributed by atoms with Crippen LogP contribution >= 0.6 is 11.3 Å². The highest BCUT2D eigenvalue weighted by molar-refractivity contribution is 7.21. The highest BCUT2D eigenvalue weighted by Crippen LogP contribution is 2.37. The second-order valence-electron chi connectivity index (χ2n) is 7.74. The number of phenols is 1. The van der Waals surface area contributed by atoms with Crippen molar-refractivity contribution < 1.29 is 40.6 Å². The van der Waals surface area contributed by atoms with Crippen LogP contribution in [0.1, 0.15) is 5.69 Å². The molecule has 188 valence electrons. The molecule has 12 heteroatoms. The van der Waals surface area contributed by atoms with Crippen LogP contribution in [-0.4, -0.2) is 15.1 Å². The van der Waals surface area contributed by atoms with Crippen LogP contribution in [0.4, 0.5) is 30.7 Å². The molecule has 0 amide bonds. The summed E-state index contributed by atoms with van der Waals surface area (Å²) in [5.74, 6) is -8.31. The molecule has 2 heterocycles. The second kappa shape index (κ2) is 9.04. The number of aromatic hydroxyl groups is 1. The summed E-state index contributed by atoms with van der Waals surface area (Å²) in [7, 11) is 0. The molecule has 4 nitrogen and oxygen atoms in total. The van der Waals surface area contributed by atoms with Gasteiger partial charge in [-0.2, -0.15) is 8.78 Å².